The van der Waals surface area contributed by atoms with Crippen LogP contribution in [-0.2, 0) is 19.2 Å². The number of rotatable bonds is 3. The van der Waals surface area contributed by atoms with E-state index in [0.29, 0.717) is 16.0 Å². The average Bonchev–Trinajstić information content (AvgIpc) is 3.10. The fourth-order valence-electron chi connectivity index (χ4n) is 6.12. The lowest BCUT2D eigenvalue weighted by atomic mass is 9.59. The summed E-state index contributed by atoms with van der Waals surface area (Å²) in [4.78, 5) is 65.1. The summed E-state index contributed by atoms with van der Waals surface area (Å²) in [6, 6.07) is 1.62. The first kappa shape index (κ1) is 23.5. The molecule has 0 radical (unpaired) electrons. The molecule has 0 saturated carbocycles. The van der Waals surface area contributed by atoms with Gasteiger partial charge in [0.1, 0.15) is 17.2 Å². The summed E-state index contributed by atoms with van der Waals surface area (Å²) in [7, 11) is 2.81. The van der Waals surface area contributed by atoms with Crippen LogP contribution in [0.25, 0.3) is 0 Å². The van der Waals surface area contributed by atoms with E-state index < -0.39 is 41.5 Å². The zero-order valence-corrected chi connectivity index (χ0v) is 19.9. The SMILES string of the molecule is COc1cc(O)cc(OC)c1C1C2=CCC3C(=O)N(C(N)=O)C(=O)C3C2CC2=C1C(=O)C(C)=CC2=O. The van der Waals surface area contributed by atoms with Gasteiger partial charge in [0.25, 0.3) is 0 Å². The minimum atomic E-state index is -1.14. The number of urea groups is 1. The van der Waals surface area contributed by atoms with Gasteiger partial charge < -0.3 is 20.3 Å². The first-order valence-electron chi connectivity index (χ1n) is 11.4. The Hall–Kier alpha value is -4.21. The molecule has 1 saturated heterocycles. The maximum Gasteiger partial charge on any atom is 0.328 e. The minimum absolute atomic E-state index is 0.0571. The Morgan fingerprint density at radius 1 is 1.06 bits per heavy atom. The third-order valence-electron chi connectivity index (χ3n) is 7.60. The Morgan fingerprint density at radius 3 is 2.28 bits per heavy atom. The molecule has 0 spiro atoms. The van der Waals surface area contributed by atoms with Crippen molar-refractivity contribution in [1.82, 2.24) is 4.90 Å². The number of nitrogens with two attached hydrogens (primary N) is 1. The number of aromatic hydroxyl groups is 1. The summed E-state index contributed by atoms with van der Waals surface area (Å²) >= 11 is 0. The lowest BCUT2D eigenvalue weighted by molar-refractivity contribution is -0.136. The highest BCUT2D eigenvalue weighted by atomic mass is 16.5. The molecule has 1 fully saturated rings. The normalized spacial score (nSPS) is 27.2. The van der Waals surface area contributed by atoms with Crippen LogP contribution >= 0.6 is 0 Å². The maximum absolute atomic E-state index is 13.5. The Morgan fingerprint density at radius 2 is 1.69 bits per heavy atom. The topological polar surface area (TPSA) is 153 Å². The van der Waals surface area contributed by atoms with Gasteiger partial charge in [-0.3, -0.25) is 19.2 Å². The largest absolute Gasteiger partial charge is 0.508 e. The van der Waals surface area contributed by atoms with Crippen molar-refractivity contribution >= 4 is 29.4 Å². The summed E-state index contributed by atoms with van der Waals surface area (Å²) in [5.74, 6) is -4.89. The van der Waals surface area contributed by atoms with Crippen LogP contribution in [0.3, 0.4) is 0 Å². The van der Waals surface area contributed by atoms with Gasteiger partial charge in [-0.15, -0.1) is 0 Å². The quantitative estimate of drug-likeness (QED) is 0.369. The van der Waals surface area contributed by atoms with E-state index in [1.54, 1.807) is 13.0 Å². The van der Waals surface area contributed by atoms with Crippen molar-refractivity contribution < 1.29 is 38.6 Å². The van der Waals surface area contributed by atoms with Crippen molar-refractivity contribution in [2.24, 2.45) is 23.5 Å². The number of phenolic OH excluding ortho intramolecular Hbond substituents is 1. The van der Waals surface area contributed by atoms with E-state index >= 15 is 0 Å². The van der Waals surface area contributed by atoms with E-state index in [1.807, 2.05) is 0 Å². The van der Waals surface area contributed by atoms with Gasteiger partial charge >= 0.3 is 6.03 Å². The number of fused-ring (bicyclic) bond motifs is 3. The summed E-state index contributed by atoms with van der Waals surface area (Å²) in [5, 5.41) is 10.2. The molecule has 4 amide bonds. The van der Waals surface area contributed by atoms with Gasteiger partial charge in [-0.25, -0.2) is 4.79 Å². The highest BCUT2D eigenvalue weighted by Crippen LogP contribution is 2.57. The van der Waals surface area contributed by atoms with E-state index in [4.69, 9.17) is 15.2 Å². The van der Waals surface area contributed by atoms with Gasteiger partial charge in [0.05, 0.1) is 26.1 Å². The monoisotopic (exact) mass is 492 g/mol. The van der Waals surface area contributed by atoms with Crippen molar-refractivity contribution in [2.45, 2.75) is 25.7 Å². The number of ketones is 2. The number of benzene rings is 1. The number of imide groups is 3. The highest BCUT2D eigenvalue weighted by molar-refractivity contribution is 6.24. The lowest BCUT2D eigenvalue weighted by Crippen LogP contribution is -2.42. The van der Waals surface area contributed by atoms with E-state index in [1.165, 1.54) is 32.4 Å². The maximum atomic E-state index is 13.5. The van der Waals surface area contributed by atoms with Crippen molar-refractivity contribution in [3.8, 4) is 17.2 Å². The van der Waals surface area contributed by atoms with E-state index in [9.17, 15) is 29.1 Å². The van der Waals surface area contributed by atoms with Crippen LogP contribution in [0.15, 0.2) is 46.6 Å². The molecule has 10 nitrogen and oxygen atoms in total. The number of hydrogen-bond acceptors (Lipinski definition) is 8. The third-order valence-corrected chi connectivity index (χ3v) is 7.60. The molecule has 3 aliphatic carbocycles. The predicted octanol–water partition coefficient (Wildman–Crippen LogP) is 1.92. The number of phenols is 1. The van der Waals surface area contributed by atoms with Crippen molar-refractivity contribution in [1.29, 1.82) is 0 Å². The van der Waals surface area contributed by atoms with Crippen LogP contribution in [0, 0.1) is 17.8 Å². The molecule has 186 valence electrons. The number of primary amides is 1. The Labute approximate surface area is 206 Å². The van der Waals surface area contributed by atoms with Crippen LogP contribution < -0.4 is 15.2 Å². The summed E-state index contributed by atoms with van der Waals surface area (Å²) in [6.07, 6.45) is 3.29. The first-order valence-corrected chi connectivity index (χ1v) is 11.4. The second-order valence-corrected chi connectivity index (χ2v) is 9.34. The number of amides is 4. The van der Waals surface area contributed by atoms with Gasteiger partial charge in [0.2, 0.25) is 11.8 Å². The number of carbonyl (C=O) groups is 5. The van der Waals surface area contributed by atoms with Gasteiger partial charge in [0.15, 0.2) is 11.6 Å². The Balaban J connectivity index is 1.77. The summed E-state index contributed by atoms with van der Waals surface area (Å²) in [6.45, 7) is 1.56. The molecule has 1 aliphatic heterocycles. The molecule has 1 aromatic rings. The molecule has 3 N–H and O–H groups in total. The molecule has 0 aromatic heterocycles. The number of allylic oxidation sites excluding steroid dienone is 6. The smallest absolute Gasteiger partial charge is 0.328 e. The number of hydrogen-bond donors (Lipinski definition) is 2. The van der Waals surface area contributed by atoms with Crippen LogP contribution in [0.1, 0.15) is 31.2 Å². The molecule has 4 unspecified atom stereocenters. The van der Waals surface area contributed by atoms with Gasteiger partial charge in [-0.05, 0) is 31.8 Å². The van der Waals surface area contributed by atoms with Crippen LogP contribution in [0.2, 0.25) is 0 Å². The predicted molar refractivity (Wildman–Crippen MR) is 124 cm³/mol. The molecule has 0 bridgehead atoms. The van der Waals surface area contributed by atoms with Crippen LogP contribution in [-0.4, -0.2) is 53.6 Å². The molecule has 4 atom stereocenters. The van der Waals surface area contributed by atoms with Crippen molar-refractivity contribution in [3.05, 3.63) is 52.1 Å². The van der Waals surface area contributed by atoms with E-state index in [2.05, 4.69) is 0 Å². The molecule has 1 heterocycles. The number of nitrogens with zero attached hydrogens (tertiary/aromatic N) is 1. The fraction of sp³-hybridized carbons (Fsp3) is 0.346. The van der Waals surface area contributed by atoms with Crippen LogP contribution in [0.5, 0.6) is 17.2 Å². The molecule has 36 heavy (non-hydrogen) atoms. The van der Waals surface area contributed by atoms with Crippen LogP contribution in [0.4, 0.5) is 4.79 Å². The number of likely N-dealkylation sites (tertiary alicyclic amines) is 1. The summed E-state index contributed by atoms with van der Waals surface area (Å²) in [5.41, 5.74) is 7.17. The zero-order chi connectivity index (χ0) is 26.0. The van der Waals surface area contributed by atoms with E-state index in [-0.39, 0.29) is 58.4 Å². The molecule has 5 rings (SSSR count). The second kappa shape index (κ2) is 8.18. The molecule has 4 aliphatic rings. The lowest BCUT2D eigenvalue weighted by Gasteiger charge is -2.42. The minimum Gasteiger partial charge on any atom is -0.508 e. The molecule has 1 aromatic carbocycles. The molecular formula is C26H24N2O8. The zero-order valence-electron chi connectivity index (χ0n) is 19.9. The molecule has 10 heteroatoms. The Kier molecular flexibility index (Phi) is 5.35. The standard InChI is InChI=1S/C26H24N2O8/c1-10-6-16(30)15-9-14-12(4-5-13-19(14)25(33)28(24(13)32)26(27)34)20(21(15)23(10)31)22-17(35-2)7-11(29)8-18(22)36-3/h4,6-8,13-14,19-20,29H,5,9H2,1-3H3,(H2,27,34). The van der Waals surface area contributed by atoms with Gasteiger partial charge in [0, 0.05) is 40.3 Å². The summed E-state index contributed by atoms with van der Waals surface area (Å²) < 4.78 is 11.1. The number of ether oxygens (including phenoxy) is 2. The molecular weight excluding hydrogens is 468 g/mol. The van der Waals surface area contributed by atoms with Gasteiger partial charge in [-0.2, -0.15) is 4.90 Å². The van der Waals surface area contributed by atoms with Crippen molar-refractivity contribution in [3.63, 3.8) is 0 Å². The highest BCUT2D eigenvalue weighted by Gasteiger charge is 2.58. The average molecular weight is 492 g/mol. The number of methoxy groups -OCH3 is 2. The van der Waals surface area contributed by atoms with Gasteiger partial charge in [-0.1, -0.05) is 11.6 Å². The third kappa shape index (κ3) is 3.13. The number of Topliss-reactive ketones (excluding diaryl/α,β-unsaturated/α-hetero) is 1. The van der Waals surface area contributed by atoms with E-state index in [0.717, 1.165) is 0 Å². The Bertz CT molecular complexity index is 1340. The second-order valence-electron chi connectivity index (χ2n) is 9.34. The first-order chi connectivity index (χ1) is 17.1. The number of carbonyl (C=O) groups excluding carboxylic acids is 5. The van der Waals surface area contributed by atoms with Crippen molar-refractivity contribution in [2.75, 3.05) is 14.2 Å². The fourth-order valence-corrected chi connectivity index (χ4v) is 6.12.